The average Bonchev–Trinajstić information content (AvgIpc) is 3.06. The molecule has 0 radical (unpaired) electrons. The zero-order chi connectivity index (χ0) is 21.4. The van der Waals surface area contributed by atoms with Gasteiger partial charge in [0.25, 0.3) is 10.0 Å². The summed E-state index contributed by atoms with van der Waals surface area (Å²) in [6.45, 7) is 1.89. The van der Waals surface area contributed by atoms with Crippen LogP contribution in [0.3, 0.4) is 0 Å². The van der Waals surface area contributed by atoms with Gasteiger partial charge in [-0.3, -0.25) is 0 Å². The third-order valence-electron chi connectivity index (χ3n) is 4.88. The zero-order valence-corrected chi connectivity index (χ0v) is 18.3. The molecule has 0 amide bonds. The summed E-state index contributed by atoms with van der Waals surface area (Å²) >= 11 is 0. The van der Waals surface area contributed by atoms with E-state index in [2.05, 4.69) is 4.98 Å². The molecule has 160 valence electrons. The van der Waals surface area contributed by atoms with Gasteiger partial charge in [0.2, 0.25) is 10.0 Å². The molecule has 0 aliphatic carbocycles. The third kappa shape index (κ3) is 3.97. The summed E-state index contributed by atoms with van der Waals surface area (Å²) in [5, 5.41) is -0.0336. The number of aromatic nitrogens is 2. The molecule has 2 aromatic rings. The van der Waals surface area contributed by atoms with E-state index in [-0.39, 0.29) is 36.1 Å². The second-order valence-corrected chi connectivity index (χ2v) is 10.4. The van der Waals surface area contributed by atoms with Gasteiger partial charge in [-0.1, -0.05) is 0 Å². The number of rotatable bonds is 6. The maximum absolute atomic E-state index is 13.0. The van der Waals surface area contributed by atoms with Gasteiger partial charge in [0.05, 0.1) is 19.1 Å². The van der Waals surface area contributed by atoms with Gasteiger partial charge >= 0.3 is 0 Å². The lowest BCUT2D eigenvalue weighted by Gasteiger charge is -2.32. The maximum atomic E-state index is 13.0. The molecule has 12 heteroatoms. The van der Waals surface area contributed by atoms with E-state index in [1.54, 1.807) is 18.5 Å². The largest absolute Gasteiger partial charge is 0.493 e. The highest BCUT2D eigenvalue weighted by Crippen LogP contribution is 2.31. The lowest BCUT2D eigenvalue weighted by atomic mass is 10.3. The van der Waals surface area contributed by atoms with Crippen molar-refractivity contribution in [3.8, 4) is 11.5 Å². The molecular weight excluding hydrogens is 420 g/mol. The quantitative estimate of drug-likeness (QED) is 0.636. The molecule has 1 aromatic carbocycles. The molecule has 2 heterocycles. The second kappa shape index (κ2) is 7.94. The van der Waals surface area contributed by atoms with E-state index in [1.807, 2.05) is 0 Å². The maximum Gasteiger partial charge on any atom is 0.262 e. The summed E-state index contributed by atoms with van der Waals surface area (Å²) in [7, 11) is -2.96. The van der Waals surface area contributed by atoms with Gasteiger partial charge in [-0.15, -0.1) is 0 Å². The first-order chi connectivity index (χ1) is 13.6. The second-order valence-electron chi connectivity index (χ2n) is 6.56. The Morgan fingerprint density at radius 1 is 0.897 bits per heavy atom. The molecule has 0 bridgehead atoms. The van der Waals surface area contributed by atoms with Crippen molar-refractivity contribution in [2.24, 2.45) is 7.05 Å². The van der Waals surface area contributed by atoms with Crippen molar-refractivity contribution >= 4 is 20.0 Å². The Balaban J connectivity index is 1.78. The summed E-state index contributed by atoms with van der Waals surface area (Å²) in [6.07, 6.45) is 1.46. The minimum atomic E-state index is -3.80. The van der Waals surface area contributed by atoms with E-state index in [1.165, 1.54) is 47.2 Å². The van der Waals surface area contributed by atoms with Crippen LogP contribution in [0.4, 0.5) is 0 Å². The molecule has 0 saturated carbocycles. The van der Waals surface area contributed by atoms with Crippen LogP contribution in [0.2, 0.25) is 0 Å². The summed E-state index contributed by atoms with van der Waals surface area (Å²) in [6, 6.07) is 4.36. The number of sulfonamides is 2. The van der Waals surface area contributed by atoms with Crippen molar-refractivity contribution in [2.75, 3.05) is 40.4 Å². The van der Waals surface area contributed by atoms with E-state index < -0.39 is 20.0 Å². The first-order valence-electron chi connectivity index (χ1n) is 8.83. The molecule has 29 heavy (non-hydrogen) atoms. The van der Waals surface area contributed by atoms with Gasteiger partial charge in [-0.05, 0) is 19.1 Å². The van der Waals surface area contributed by atoms with Crippen LogP contribution in [0.25, 0.3) is 0 Å². The predicted molar refractivity (Wildman–Crippen MR) is 105 cm³/mol. The van der Waals surface area contributed by atoms with Crippen LogP contribution >= 0.6 is 0 Å². The molecule has 0 atom stereocenters. The van der Waals surface area contributed by atoms with Crippen LogP contribution < -0.4 is 9.47 Å². The molecule has 10 nitrogen and oxygen atoms in total. The number of piperazine rings is 1. The number of nitrogens with zero attached hydrogens (tertiary/aromatic N) is 4. The lowest BCUT2D eigenvalue weighted by Crippen LogP contribution is -2.50. The van der Waals surface area contributed by atoms with Crippen molar-refractivity contribution in [1.82, 2.24) is 18.2 Å². The molecule has 1 saturated heterocycles. The zero-order valence-electron chi connectivity index (χ0n) is 16.7. The van der Waals surface area contributed by atoms with E-state index >= 15 is 0 Å². The molecule has 0 N–H and O–H groups in total. The topological polar surface area (TPSA) is 111 Å². The van der Waals surface area contributed by atoms with Crippen molar-refractivity contribution < 1.29 is 26.3 Å². The standard InChI is InChI=1S/C17H24N4O6S2/c1-13-18-17(12-19(13)2)29(24,25)21-9-7-20(8-10-21)28(22,23)14-5-6-15(26-3)16(11-14)27-4/h5-6,11-12H,7-10H2,1-4H3. The van der Waals surface area contributed by atoms with Gasteiger partial charge in [0.15, 0.2) is 16.5 Å². The molecular formula is C17H24N4O6S2. The Morgan fingerprint density at radius 3 is 1.93 bits per heavy atom. The van der Waals surface area contributed by atoms with Crippen LogP contribution in [-0.4, -0.2) is 75.4 Å². The predicted octanol–water partition coefficient (Wildman–Crippen LogP) is 0.441. The Hall–Kier alpha value is -2.15. The van der Waals surface area contributed by atoms with Crippen molar-refractivity contribution in [2.45, 2.75) is 16.8 Å². The third-order valence-corrected chi connectivity index (χ3v) is 8.55. The first kappa shape index (κ1) is 21.6. The number of hydrogen-bond acceptors (Lipinski definition) is 7. The summed E-state index contributed by atoms with van der Waals surface area (Å²) < 4.78 is 66.0. The lowest BCUT2D eigenvalue weighted by molar-refractivity contribution is 0.272. The number of benzene rings is 1. The van der Waals surface area contributed by atoms with Crippen LogP contribution in [0.1, 0.15) is 5.82 Å². The highest BCUT2D eigenvalue weighted by Gasteiger charge is 2.35. The Bertz CT molecular complexity index is 1080. The number of imidazole rings is 1. The molecule has 1 aliphatic heterocycles. The van der Waals surface area contributed by atoms with Gasteiger partial charge < -0.3 is 14.0 Å². The van der Waals surface area contributed by atoms with E-state index in [0.717, 1.165) is 0 Å². The SMILES string of the molecule is COc1ccc(S(=O)(=O)N2CCN(S(=O)(=O)c3cn(C)c(C)n3)CC2)cc1OC. The highest BCUT2D eigenvalue weighted by atomic mass is 32.2. The minimum Gasteiger partial charge on any atom is -0.493 e. The van der Waals surface area contributed by atoms with E-state index in [4.69, 9.17) is 9.47 Å². The minimum absolute atomic E-state index is 0.0336. The number of methoxy groups -OCH3 is 2. The number of ether oxygens (including phenoxy) is 2. The molecule has 1 aliphatic rings. The molecule has 0 spiro atoms. The Labute approximate surface area is 170 Å². The normalized spacial score (nSPS) is 16.7. The first-order valence-corrected chi connectivity index (χ1v) is 11.7. The molecule has 0 unspecified atom stereocenters. The van der Waals surface area contributed by atoms with E-state index in [0.29, 0.717) is 17.3 Å². The number of aryl methyl sites for hydroxylation is 2. The Morgan fingerprint density at radius 2 is 1.45 bits per heavy atom. The van der Waals surface area contributed by atoms with Crippen molar-refractivity contribution in [1.29, 1.82) is 0 Å². The summed E-state index contributed by atoms with van der Waals surface area (Å²) in [5.74, 6) is 1.31. The average molecular weight is 445 g/mol. The highest BCUT2D eigenvalue weighted by molar-refractivity contribution is 7.89. The van der Waals surface area contributed by atoms with Gasteiger partial charge in [0.1, 0.15) is 5.82 Å². The number of hydrogen-bond donors (Lipinski definition) is 0. The van der Waals surface area contributed by atoms with Crippen LogP contribution in [0.5, 0.6) is 11.5 Å². The van der Waals surface area contributed by atoms with Gasteiger partial charge in [-0.2, -0.15) is 8.61 Å². The van der Waals surface area contributed by atoms with Crippen molar-refractivity contribution in [3.63, 3.8) is 0 Å². The molecule has 1 aromatic heterocycles. The van der Waals surface area contributed by atoms with Gasteiger partial charge in [-0.25, -0.2) is 21.8 Å². The monoisotopic (exact) mass is 444 g/mol. The van der Waals surface area contributed by atoms with E-state index in [9.17, 15) is 16.8 Å². The fourth-order valence-electron chi connectivity index (χ4n) is 3.06. The summed E-state index contributed by atoms with van der Waals surface area (Å²) in [4.78, 5) is 4.15. The fraction of sp³-hybridized carbons (Fsp3) is 0.471. The molecule has 3 rings (SSSR count). The van der Waals surface area contributed by atoms with Crippen LogP contribution in [-0.2, 0) is 27.1 Å². The van der Waals surface area contributed by atoms with Crippen LogP contribution in [0.15, 0.2) is 34.3 Å². The van der Waals surface area contributed by atoms with Crippen LogP contribution in [0, 0.1) is 6.92 Å². The van der Waals surface area contributed by atoms with Gasteiger partial charge in [0, 0.05) is 45.5 Å². The van der Waals surface area contributed by atoms with Crippen molar-refractivity contribution in [3.05, 3.63) is 30.2 Å². The smallest absolute Gasteiger partial charge is 0.262 e. The summed E-state index contributed by atoms with van der Waals surface area (Å²) in [5.41, 5.74) is 0. The Kier molecular flexibility index (Phi) is 5.90. The molecule has 1 fully saturated rings. The fourth-order valence-corrected chi connectivity index (χ4v) is 5.94.